The van der Waals surface area contributed by atoms with Gasteiger partial charge in [-0.05, 0) is 31.5 Å². The van der Waals surface area contributed by atoms with Gasteiger partial charge in [0.05, 0.1) is 18.7 Å². The van der Waals surface area contributed by atoms with E-state index in [-0.39, 0.29) is 24.1 Å². The van der Waals surface area contributed by atoms with Gasteiger partial charge in [-0.15, -0.1) is 13.2 Å². The van der Waals surface area contributed by atoms with Crippen LogP contribution in [0.15, 0.2) is 30.5 Å². The molecule has 2 rings (SSSR count). The number of hydrogen-bond acceptors (Lipinski definition) is 3. The number of alkyl halides is 3. The molecule has 0 saturated heterocycles. The van der Waals surface area contributed by atoms with Crippen LogP contribution >= 0.6 is 0 Å². The van der Waals surface area contributed by atoms with Gasteiger partial charge in [0.2, 0.25) is 5.91 Å². The molecule has 0 aliphatic carbocycles. The number of carbonyl (C=O) groups excluding carboxylic acids is 1. The Hall–Kier alpha value is -2.51. The Kier molecular flexibility index (Phi) is 5.16. The maximum atomic E-state index is 12.1. The molecule has 1 aromatic heterocycles. The fraction of sp³-hybridized carbons (Fsp3) is 0.375. The summed E-state index contributed by atoms with van der Waals surface area (Å²) in [5.74, 6) is -0.541. The van der Waals surface area contributed by atoms with Crippen molar-refractivity contribution < 1.29 is 22.7 Å². The highest BCUT2D eigenvalue weighted by molar-refractivity contribution is 5.79. The zero-order chi connectivity index (χ0) is 17.9. The van der Waals surface area contributed by atoms with Gasteiger partial charge in [0.25, 0.3) is 0 Å². The maximum absolute atomic E-state index is 12.1. The number of nitrogens with one attached hydrogen (secondary N) is 1. The Bertz CT molecular complexity index is 708. The van der Waals surface area contributed by atoms with Crippen LogP contribution in [0.4, 0.5) is 13.2 Å². The lowest BCUT2D eigenvalue weighted by molar-refractivity contribution is -0.274. The third kappa shape index (κ3) is 4.74. The van der Waals surface area contributed by atoms with Gasteiger partial charge < -0.3 is 10.1 Å². The van der Waals surface area contributed by atoms with Gasteiger partial charge in [-0.25, -0.2) is 0 Å². The predicted octanol–water partition coefficient (Wildman–Crippen LogP) is 3.05. The van der Waals surface area contributed by atoms with Crippen LogP contribution in [0.1, 0.15) is 29.8 Å². The smallest absolute Gasteiger partial charge is 0.406 e. The highest BCUT2D eigenvalue weighted by Gasteiger charge is 2.30. The first-order valence-corrected chi connectivity index (χ1v) is 7.28. The zero-order valence-electron chi connectivity index (χ0n) is 13.5. The van der Waals surface area contributed by atoms with Crippen LogP contribution in [0.2, 0.25) is 0 Å². The molecule has 0 bridgehead atoms. The fourth-order valence-electron chi connectivity index (χ4n) is 2.31. The SMILES string of the molecule is Cc1c(C(C)NC(=O)Cc2ccc(OC(F)(F)F)cc2)cnn1C. The van der Waals surface area contributed by atoms with E-state index in [1.165, 1.54) is 24.3 Å². The molecule has 24 heavy (non-hydrogen) atoms. The Balaban J connectivity index is 1.93. The molecule has 0 aliphatic rings. The lowest BCUT2D eigenvalue weighted by Gasteiger charge is -2.14. The minimum absolute atomic E-state index is 0.0654. The molecule has 8 heteroatoms. The van der Waals surface area contributed by atoms with Crippen molar-refractivity contribution in [3.05, 3.63) is 47.3 Å². The number of rotatable bonds is 5. The van der Waals surface area contributed by atoms with Crippen LogP contribution in [0.5, 0.6) is 5.75 Å². The summed E-state index contributed by atoms with van der Waals surface area (Å²) >= 11 is 0. The van der Waals surface area contributed by atoms with Gasteiger partial charge in [-0.3, -0.25) is 9.48 Å². The van der Waals surface area contributed by atoms with Gasteiger partial charge in [0.1, 0.15) is 5.75 Å². The van der Waals surface area contributed by atoms with Crippen molar-refractivity contribution in [2.24, 2.45) is 7.05 Å². The molecular formula is C16H18F3N3O2. The third-order valence-corrected chi connectivity index (χ3v) is 3.64. The summed E-state index contributed by atoms with van der Waals surface area (Å²) in [5, 5.41) is 6.98. The molecule has 0 fully saturated rings. The maximum Gasteiger partial charge on any atom is 0.573 e. The minimum atomic E-state index is -4.73. The van der Waals surface area contributed by atoms with E-state index in [0.29, 0.717) is 5.56 Å². The molecule has 1 amide bonds. The number of halogens is 3. The largest absolute Gasteiger partial charge is 0.573 e. The number of aromatic nitrogens is 2. The number of hydrogen-bond donors (Lipinski definition) is 1. The summed E-state index contributed by atoms with van der Waals surface area (Å²) in [6.07, 6.45) is -2.96. The van der Waals surface area contributed by atoms with Crippen LogP contribution in [0.25, 0.3) is 0 Å². The van der Waals surface area contributed by atoms with Crippen LogP contribution in [-0.2, 0) is 18.3 Å². The highest BCUT2D eigenvalue weighted by Crippen LogP contribution is 2.23. The molecule has 0 spiro atoms. The van der Waals surface area contributed by atoms with Crippen molar-refractivity contribution in [2.45, 2.75) is 32.7 Å². The normalized spacial score (nSPS) is 12.8. The molecule has 5 nitrogen and oxygen atoms in total. The summed E-state index contributed by atoms with van der Waals surface area (Å²) < 4.78 is 41.8. The Morgan fingerprint density at radius 2 is 1.96 bits per heavy atom. The average Bonchev–Trinajstić information content (AvgIpc) is 2.79. The topological polar surface area (TPSA) is 56.1 Å². The Morgan fingerprint density at radius 1 is 1.33 bits per heavy atom. The van der Waals surface area contributed by atoms with E-state index in [9.17, 15) is 18.0 Å². The second kappa shape index (κ2) is 6.94. The van der Waals surface area contributed by atoms with Crippen LogP contribution < -0.4 is 10.1 Å². The van der Waals surface area contributed by atoms with Gasteiger partial charge in [-0.2, -0.15) is 5.10 Å². The van der Waals surface area contributed by atoms with E-state index < -0.39 is 6.36 Å². The van der Waals surface area contributed by atoms with Crippen molar-refractivity contribution in [1.82, 2.24) is 15.1 Å². The van der Waals surface area contributed by atoms with E-state index in [0.717, 1.165) is 11.3 Å². The van der Waals surface area contributed by atoms with Gasteiger partial charge in [0.15, 0.2) is 0 Å². The molecular weight excluding hydrogens is 323 g/mol. The first-order valence-electron chi connectivity index (χ1n) is 7.28. The monoisotopic (exact) mass is 341 g/mol. The molecule has 1 unspecified atom stereocenters. The number of nitrogens with zero attached hydrogens (tertiary/aromatic N) is 2. The van der Waals surface area contributed by atoms with Crippen molar-refractivity contribution in [3.63, 3.8) is 0 Å². The Labute approximate surface area is 137 Å². The first-order chi connectivity index (χ1) is 11.2. The lowest BCUT2D eigenvalue weighted by Crippen LogP contribution is -2.28. The molecule has 1 atom stereocenters. The summed E-state index contributed by atoms with van der Waals surface area (Å²) in [5.41, 5.74) is 2.47. The van der Waals surface area contributed by atoms with E-state index >= 15 is 0 Å². The summed E-state index contributed by atoms with van der Waals surface area (Å²) in [4.78, 5) is 12.1. The molecule has 2 aromatic rings. The number of aryl methyl sites for hydroxylation is 1. The second-order valence-electron chi connectivity index (χ2n) is 5.47. The van der Waals surface area contributed by atoms with Crippen molar-refractivity contribution in [3.8, 4) is 5.75 Å². The van der Waals surface area contributed by atoms with Crippen LogP contribution in [-0.4, -0.2) is 22.1 Å². The number of ether oxygens (including phenoxy) is 1. The molecule has 0 aliphatic heterocycles. The molecule has 1 N–H and O–H groups in total. The second-order valence-corrected chi connectivity index (χ2v) is 5.47. The molecule has 1 aromatic carbocycles. The summed E-state index contributed by atoms with van der Waals surface area (Å²) in [6, 6.07) is 5.02. The lowest BCUT2D eigenvalue weighted by atomic mass is 10.1. The number of benzene rings is 1. The van der Waals surface area contributed by atoms with Crippen LogP contribution in [0, 0.1) is 6.92 Å². The minimum Gasteiger partial charge on any atom is -0.406 e. The molecule has 0 radical (unpaired) electrons. The van der Waals surface area contributed by atoms with Gasteiger partial charge >= 0.3 is 6.36 Å². The fourth-order valence-corrected chi connectivity index (χ4v) is 2.31. The summed E-state index contributed by atoms with van der Waals surface area (Å²) in [6.45, 7) is 3.76. The summed E-state index contributed by atoms with van der Waals surface area (Å²) in [7, 11) is 1.82. The van der Waals surface area contributed by atoms with Crippen LogP contribution in [0.3, 0.4) is 0 Å². The van der Waals surface area contributed by atoms with E-state index in [1.807, 2.05) is 20.9 Å². The number of carbonyl (C=O) groups is 1. The number of amides is 1. The third-order valence-electron chi connectivity index (χ3n) is 3.64. The van der Waals surface area contributed by atoms with Crippen molar-refractivity contribution in [2.75, 3.05) is 0 Å². The van der Waals surface area contributed by atoms with Gasteiger partial charge in [-0.1, -0.05) is 12.1 Å². The molecule has 1 heterocycles. The highest BCUT2D eigenvalue weighted by atomic mass is 19.4. The van der Waals surface area contributed by atoms with Crippen molar-refractivity contribution >= 4 is 5.91 Å². The average molecular weight is 341 g/mol. The van der Waals surface area contributed by atoms with E-state index in [2.05, 4.69) is 15.2 Å². The van der Waals surface area contributed by atoms with Crippen molar-refractivity contribution in [1.29, 1.82) is 0 Å². The predicted molar refractivity (Wildman–Crippen MR) is 81.3 cm³/mol. The van der Waals surface area contributed by atoms with E-state index in [4.69, 9.17) is 0 Å². The standard InChI is InChI=1S/C16H18F3N3O2/c1-10(14-9-20-22(3)11(14)2)21-15(23)8-12-4-6-13(7-5-12)24-16(17,18)19/h4-7,9-10H,8H2,1-3H3,(H,21,23). The molecule has 0 saturated carbocycles. The van der Waals surface area contributed by atoms with Gasteiger partial charge in [0, 0.05) is 18.3 Å². The Morgan fingerprint density at radius 3 is 2.46 bits per heavy atom. The zero-order valence-corrected chi connectivity index (χ0v) is 13.5. The quantitative estimate of drug-likeness (QED) is 0.909. The first kappa shape index (κ1) is 17.8. The van der Waals surface area contributed by atoms with E-state index in [1.54, 1.807) is 10.9 Å². The molecule has 130 valence electrons.